The maximum absolute atomic E-state index is 12.2. The number of amides is 1. The van der Waals surface area contributed by atoms with Gasteiger partial charge in [0, 0.05) is 36.8 Å². The summed E-state index contributed by atoms with van der Waals surface area (Å²) >= 11 is 0. The molecule has 1 saturated heterocycles. The highest BCUT2D eigenvalue weighted by atomic mass is 16.2. The minimum Gasteiger partial charge on any atom is -0.336 e. The van der Waals surface area contributed by atoms with Gasteiger partial charge >= 0.3 is 0 Å². The Hall–Kier alpha value is -1.68. The van der Waals surface area contributed by atoms with Gasteiger partial charge in [0.25, 0.3) is 5.91 Å². The van der Waals surface area contributed by atoms with Gasteiger partial charge in [-0.15, -0.1) is 0 Å². The van der Waals surface area contributed by atoms with E-state index in [0.29, 0.717) is 17.2 Å². The Balaban J connectivity index is 2.10. The van der Waals surface area contributed by atoms with Crippen LogP contribution < -0.4 is 5.32 Å². The van der Waals surface area contributed by atoms with Gasteiger partial charge < -0.3 is 10.2 Å². The molecule has 1 aromatic rings. The van der Waals surface area contributed by atoms with Crippen molar-refractivity contribution in [3.8, 4) is 0 Å². The lowest BCUT2D eigenvalue weighted by Gasteiger charge is -2.31. The predicted molar refractivity (Wildman–Crippen MR) is 65.2 cm³/mol. The Labute approximate surface area is 101 Å². The summed E-state index contributed by atoms with van der Waals surface area (Å²) in [5, 5.41) is 3.30. The molecule has 1 fully saturated rings. The molecule has 90 valence electrons. The van der Waals surface area contributed by atoms with Gasteiger partial charge in [0.15, 0.2) is 0 Å². The summed E-state index contributed by atoms with van der Waals surface area (Å²) in [4.78, 5) is 24.5. The molecular formula is C13H16N2O2. The van der Waals surface area contributed by atoms with E-state index in [1.165, 1.54) is 0 Å². The minimum absolute atomic E-state index is 0.0378. The molecule has 0 saturated carbocycles. The van der Waals surface area contributed by atoms with Crippen LogP contribution in [0.5, 0.6) is 0 Å². The molecule has 1 aliphatic rings. The highest BCUT2D eigenvalue weighted by molar-refractivity contribution is 5.95. The lowest BCUT2D eigenvalue weighted by Crippen LogP contribution is -2.51. The highest BCUT2D eigenvalue weighted by Crippen LogP contribution is 2.09. The van der Waals surface area contributed by atoms with E-state index in [1.54, 1.807) is 24.3 Å². The molecule has 1 atom stereocenters. The quantitative estimate of drug-likeness (QED) is 0.772. The van der Waals surface area contributed by atoms with Crippen molar-refractivity contribution in [2.75, 3.05) is 19.6 Å². The van der Waals surface area contributed by atoms with Crippen molar-refractivity contribution < 1.29 is 9.59 Å². The Morgan fingerprint density at radius 3 is 2.71 bits per heavy atom. The normalized spacial score (nSPS) is 20.1. The van der Waals surface area contributed by atoms with Gasteiger partial charge in [-0.2, -0.15) is 0 Å². The van der Waals surface area contributed by atoms with Gasteiger partial charge in [-0.1, -0.05) is 12.1 Å². The molecule has 0 bridgehead atoms. The lowest BCUT2D eigenvalue weighted by atomic mass is 10.1. The van der Waals surface area contributed by atoms with Crippen LogP contribution >= 0.6 is 0 Å². The van der Waals surface area contributed by atoms with E-state index < -0.39 is 0 Å². The summed E-state index contributed by atoms with van der Waals surface area (Å²) in [6.07, 6.45) is 0.779. The first-order valence-corrected chi connectivity index (χ1v) is 5.78. The number of nitrogens with zero attached hydrogens (tertiary/aromatic N) is 1. The van der Waals surface area contributed by atoms with E-state index in [4.69, 9.17) is 0 Å². The SMILES string of the molecule is CC1CN(C(=O)c2ccc(C=O)cc2)CCN1. The van der Waals surface area contributed by atoms with Crippen LogP contribution in [-0.2, 0) is 0 Å². The van der Waals surface area contributed by atoms with Crippen molar-refractivity contribution in [3.05, 3.63) is 35.4 Å². The summed E-state index contributed by atoms with van der Waals surface area (Å²) < 4.78 is 0. The van der Waals surface area contributed by atoms with Gasteiger partial charge in [0.1, 0.15) is 6.29 Å². The molecule has 4 nitrogen and oxygen atoms in total. The number of aldehydes is 1. The average molecular weight is 232 g/mol. The number of hydrogen-bond acceptors (Lipinski definition) is 3. The van der Waals surface area contributed by atoms with E-state index in [-0.39, 0.29) is 5.91 Å². The molecular weight excluding hydrogens is 216 g/mol. The Bertz CT molecular complexity index is 414. The van der Waals surface area contributed by atoms with Crippen LogP contribution in [0.25, 0.3) is 0 Å². The summed E-state index contributed by atoms with van der Waals surface area (Å²) in [7, 11) is 0. The predicted octanol–water partition coefficient (Wildman–Crippen LogP) is 0.933. The van der Waals surface area contributed by atoms with E-state index in [0.717, 1.165) is 25.9 Å². The standard InChI is InChI=1S/C13H16N2O2/c1-10-8-15(7-6-14-10)13(17)12-4-2-11(9-16)3-5-12/h2-5,9-10,14H,6-8H2,1H3. The van der Waals surface area contributed by atoms with Crippen molar-refractivity contribution in [2.24, 2.45) is 0 Å². The molecule has 17 heavy (non-hydrogen) atoms. The number of rotatable bonds is 2. The molecule has 0 aliphatic carbocycles. The smallest absolute Gasteiger partial charge is 0.253 e. The van der Waals surface area contributed by atoms with Gasteiger partial charge in [0.2, 0.25) is 0 Å². The van der Waals surface area contributed by atoms with Crippen LogP contribution in [0.1, 0.15) is 27.6 Å². The van der Waals surface area contributed by atoms with E-state index in [1.807, 2.05) is 4.90 Å². The first-order chi connectivity index (χ1) is 8.20. The van der Waals surface area contributed by atoms with E-state index in [9.17, 15) is 9.59 Å². The molecule has 0 radical (unpaired) electrons. The monoisotopic (exact) mass is 232 g/mol. The van der Waals surface area contributed by atoms with Crippen LogP contribution in [0.4, 0.5) is 0 Å². The molecule has 1 aliphatic heterocycles. The van der Waals surface area contributed by atoms with Crippen molar-refractivity contribution in [1.82, 2.24) is 10.2 Å². The maximum atomic E-state index is 12.2. The summed E-state index contributed by atoms with van der Waals surface area (Å²) in [6.45, 7) is 4.36. The van der Waals surface area contributed by atoms with Crippen molar-refractivity contribution >= 4 is 12.2 Å². The molecule has 1 aromatic carbocycles. The molecule has 1 amide bonds. The zero-order chi connectivity index (χ0) is 12.3. The number of carbonyl (C=O) groups excluding carboxylic acids is 2. The average Bonchev–Trinajstić information content (AvgIpc) is 2.38. The fourth-order valence-corrected chi connectivity index (χ4v) is 2.00. The summed E-state index contributed by atoms with van der Waals surface area (Å²) in [6, 6.07) is 7.09. The van der Waals surface area contributed by atoms with Crippen LogP contribution in [0.15, 0.2) is 24.3 Å². The molecule has 1 N–H and O–H groups in total. The fourth-order valence-electron chi connectivity index (χ4n) is 2.00. The van der Waals surface area contributed by atoms with Crippen LogP contribution in [-0.4, -0.2) is 42.8 Å². The highest BCUT2D eigenvalue weighted by Gasteiger charge is 2.21. The summed E-state index contributed by atoms with van der Waals surface area (Å²) in [5.74, 6) is 0.0378. The molecule has 0 spiro atoms. The van der Waals surface area contributed by atoms with Crippen LogP contribution in [0.2, 0.25) is 0 Å². The Kier molecular flexibility index (Phi) is 3.54. The molecule has 2 rings (SSSR count). The van der Waals surface area contributed by atoms with Gasteiger partial charge in [-0.05, 0) is 19.1 Å². The number of benzene rings is 1. The second-order valence-corrected chi connectivity index (χ2v) is 4.35. The van der Waals surface area contributed by atoms with Gasteiger partial charge in [0.05, 0.1) is 0 Å². The number of nitrogens with one attached hydrogen (secondary N) is 1. The largest absolute Gasteiger partial charge is 0.336 e. The van der Waals surface area contributed by atoms with Crippen molar-refractivity contribution in [1.29, 1.82) is 0 Å². The third kappa shape index (κ3) is 2.71. The summed E-state index contributed by atoms with van der Waals surface area (Å²) in [5.41, 5.74) is 1.24. The zero-order valence-corrected chi connectivity index (χ0v) is 9.85. The lowest BCUT2D eigenvalue weighted by molar-refractivity contribution is 0.0709. The topological polar surface area (TPSA) is 49.4 Å². The molecule has 0 aromatic heterocycles. The molecule has 1 unspecified atom stereocenters. The number of hydrogen-bond donors (Lipinski definition) is 1. The van der Waals surface area contributed by atoms with Gasteiger partial charge in [-0.3, -0.25) is 9.59 Å². The first kappa shape index (κ1) is 11.8. The second-order valence-electron chi connectivity index (χ2n) is 4.35. The third-order valence-corrected chi connectivity index (χ3v) is 2.95. The van der Waals surface area contributed by atoms with Crippen molar-refractivity contribution in [3.63, 3.8) is 0 Å². The fraction of sp³-hybridized carbons (Fsp3) is 0.385. The second kappa shape index (κ2) is 5.10. The zero-order valence-electron chi connectivity index (χ0n) is 9.85. The number of piperazine rings is 1. The van der Waals surface area contributed by atoms with Crippen LogP contribution in [0, 0.1) is 0 Å². The van der Waals surface area contributed by atoms with E-state index in [2.05, 4.69) is 12.2 Å². The number of carbonyl (C=O) groups is 2. The van der Waals surface area contributed by atoms with Gasteiger partial charge in [-0.25, -0.2) is 0 Å². The first-order valence-electron chi connectivity index (χ1n) is 5.78. The third-order valence-electron chi connectivity index (χ3n) is 2.95. The molecule has 1 heterocycles. The molecule has 4 heteroatoms. The maximum Gasteiger partial charge on any atom is 0.253 e. The van der Waals surface area contributed by atoms with E-state index >= 15 is 0 Å². The minimum atomic E-state index is 0.0378. The van der Waals surface area contributed by atoms with Crippen LogP contribution in [0.3, 0.4) is 0 Å². The van der Waals surface area contributed by atoms with Crippen molar-refractivity contribution in [2.45, 2.75) is 13.0 Å². The Morgan fingerprint density at radius 1 is 1.41 bits per heavy atom. The Morgan fingerprint density at radius 2 is 2.12 bits per heavy atom.